The summed E-state index contributed by atoms with van der Waals surface area (Å²) in [6.45, 7) is 1.95. The fourth-order valence-electron chi connectivity index (χ4n) is 2.40. The van der Waals surface area contributed by atoms with Crippen molar-refractivity contribution < 1.29 is 0 Å². The van der Waals surface area contributed by atoms with Crippen LogP contribution in [0.1, 0.15) is 19.3 Å². The minimum atomic E-state index is -0.0249. The minimum Gasteiger partial charge on any atom is -0.308 e. The van der Waals surface area contributed by atoms with Crippen molar-refractivity contribution in [2.45, 2.75) is 19.3 Å². The molecule has 2 heterocycles. The van der Waals surface area contributed by atoms with Crippen LogP contribution in [0.4, 0.5) is 0 Å². The molecule has 0 bridgehead atoms. The molecular weight excluding hydrogens is 202 g/mol. The Morgan fingerprint density at radius 3 is 2.62 bits per heavy atom. The molecule has 1 saturated heterocycles. The molecule has 0 unspecified atom stereocenters. The van der Waals surface area contributed by atoms with Gasteiger partial charge in [0.25, 0.3) is 0 Å². The summed E-state index contributed by atoms with van der Waals surface area (Å²) < 4.78 is 1.79. The molecule has 4 nitrogen and oxygen atoms in total. The largest absolute Gasteiger partial charge is 0.345 e. The zero-order chi connectivity index (χ0) is 11.0. The lowest BCUT2D eigenvalue weighted by Gasteiger charge is -2.29. The molecule has 1 aliphatic heterocycles. The Balaban J connectivity index is 2.14. The van der Waals surface area contributed by atoms with Crippen molar-refractivity contribution in [3.63, 3.8) is 0 Å². The van der Waals surface area contributed by atoms with E-state index in [0.29, 0.717) is 0 Å². The molecule has 1 fully saturated rings. The van der Waals surface area contributed by atoms with Crippen LogP contribution in [0, 0.1) is 0 Å². The summed E-state index contributed by atoms with van der Waals surface area (Å²) in [7, 11) is 0. The molecule has 1 aromatic carbocycles. The molecule has 0 aliphatic carbocycles. The van der Waals surface area contributed by atoms with Crippen LogP contribution >= 0.6 is 0 Å². The van der Waals surface area contributed by atoms with E-state index in [4.69, 9.17) is 0 Å². The molecule has 1 aliphatic rings. The van der Waals surface area contributed by atoms with E-state index in [-0.39, 0.29) is 5.69 Å². The molecule has 16 heavy (non-hydrogen) atoms. The van der Waals surface area contributed by atoms with Crippen LogP contribution in [0.5, 0.6) is 0 Å². The molecule has 1 aromatic heterocycles. The predicted octanol–water partition coefficient (Wildman–Crippen LogP) is 1.45. The Hall–Kier alpha value is -1.71. The Labute approximate surface area is 93.5 Å². The number of rotatable bonds is 1. The fourth-order valence-corrected chi connectivity index (χ4v) is 2.40. The van der Waals surface area contributed by atoms with Gasteiger partial charge in [0.15, 0.2) is 0 Å². The third-order valence-corrected chi connectivity index (χ3v) is 3.18. The highest BCUT2D eigenvalue weighted by molar-refractivity contribution is 5.75. The number of nitrogens with zero attached hydrogens (tertiary/aromatic N) is 2. The van der Waals surface area contributed by atoms with Crippen LogP contribution in [0.25, 0.3) is 11.0 Å². The summed E-state index contributed by atoms with van der Waals surface area (Å²) >= 11 is 0. The molecule has 4 heteroatoms. The van der Waals surface area contributed by atoms with Crippen molar-refractivity contribution in [3.05, 3.63) is 34.7 Å². The number of hydrogen-bond donors (Lipinski definition) is 1. The van der Waals surface area contributed by atoms with Crippen LogP contribution < -0.4 is 10.7 Å². The Bertz CT molecular complexity index is 549. The van der Waals surface area contributed by atoms with Crippen LogP contribution in [0.2, 0.25) is 0 Å². The van der Waals surface area contributed by atoms with Gasteiger partial charge in [-0.3, -0.25) is 0 Å². The van der Waals surface area contributed by atoms with Crippen molar-refractivity contribution in [3.8, 4) is 0 Å². The van der Waals surface area contributed by atoms with Gasteiger partial charge in [0.1, 0.15) is 0 Å². The highest BCUT2D eigenvalue weighted by Crippen LogP contribution is 2.13. The number of nitrogens with one attached hydrogen (secondary N) is 1. The van der Waals surface area contributed by atoms with Crippen molar-refractivity contribution >= 4 is 11.0 Å². The van der Waals surface area contributed by atoms with E-state index in [1.54, 1.807) is 4.68 Å². The van der Waals surface area contributed by atoms with E-state index in [0.717, 1.165) is 24.1 Å². The quantitative estimate of drug-likeness (QED) is 0.785. The number of aromatic amines is 1. The first kappa shape index (κ1) is 9.51. The highest BCUT2D eigenvalue weighted by atomic mass is 16.2. The molecule has 3 rings (SSSR count). The first-order chi connectivity index (χ1) is 7.86. The van der Waals surface area contributed by atoms with Gasteiger partial charge in [-0.25, -0.2) is 9.47 Å². The number of imidazole rings is 1. The highest BCUT2D eigenvalue weighted by Gasteiger charge is 2.15. The van der Waals surface area contributed by atoms with Crippen LogP contribution in [0.3, 0.4) is 0 Å². The van der Waals surface area contributed by atoms with Crippen molar-refractivity contribution in [2.75, 3.05) is 18.1 Å². The maximum Gasteiger partial charge on any atom is 0.345 e. The zero-order valence-corrected chi connectivity index (χ0v) is 9.15. The Kier molecular flexibility index (Phi) is 2.20. The van der Waals surface area contributed by atoms with Crippen molar-refractivity contribution in [2.24, 2.45) is 0 Å². The smallest absolute Gasteiger partial charge is 0.308 e. The summed E-state index contributed by atoms with van der Waals surface area (Å²) in [5.74, 6) is 0. The number of para-hydroxylation sites is 2. The number of piperidine rings is 1. The van der Waals surface area contributed by atoms with E-state index >= 15 is 0 Å². The van der Waals surface area contributed by atoms with Gasteiger partial charge in [-0.1, -0.05) is 12.1 Å². The lowest BCUT2D eigenvalue weighted by molar-refractivity contribution is 0.478. The Morgan fingerprint density at radius 2 is 1.81 bits per heavy atom. The van der Waals surface area contributed by atoms with Gasteiger partial charge in [-0.2, -0.15) is 0 Å². The van der Waals surface area contributed by atoms with Crippen molar-refractivity contribution in [1.82, 2.24) is 9.66 Å². The van der Waals surface area contributed by atoms with Gasteiger partial charge in [-0.15, -0.1) is 0 Å². The normalized spacial score (nSPS) is 16.9. The molecule has 0 spiro atoms. The second-order valence-corrected chi connectivity index (χ2v) is 4.27. The summed E-state index contributed by atoms with van der Waals surface area (Å²) in [6.07, 6.45) is 3.62. The van der Waals surface area contributed by atoms with E-state index in [9.17, 15) is 4.79 Å². The number of aromatic nitrogens is 2. The first-order valence-corrected chi connectivity index (χ1v) is 5.81. The topological polar surface area (TPSA) is 41.0 Å². The Morgan fingerprint density at radius 1 is 1.06 bits per heavy atom. The molecule has 0 atom stereocenters. The van der Waals surface area contributed by atoms with Gasteiger partial charge in [0.2, 0.25) is 0 Å². The summed E-state index contributed by atoms with van der Waals surface area (Å²) in [5, 5.41) is 2.14. The molecule has 2 aromatic rings. The number of H-pyrrole nitrogens is 1. The summed E-state index contributed by atoms with van der Waals surface area (Å²) in [4.78, 5) is 14.8. The van der Waals surface area contributed by atoms with E-state index < -0.39 is 0 Å². The third-order valence-electron chi connectivity index (χ3n) is 3.18. The molecule has 0 radical (unpaired) electrons. The molecule has 0 saturated carbocycles. The van der Waals surface area contributed by atoms with Crippen LogP contribution in [-0.2, 0) is 0 Å². The van der Waals surface area contributed by atoms with E-state index in [2.05, 4.69) is 9.99 Å². The fraction of sp³-hybridized carbons (Fsp3) is 0.417. The number of fused-ring (bicyclic) bond motifs is 1. The average molecular weight is 217 g/mol. The second kappa shape index (κ2) is 3.70. The first-order valence-electron chi connectivity index (χ1n) is 5.81. The van der Waals surface area contributed by atoms with Crippen molar-refractivity contribution in [1.29, 1.82) is 0 Å². The van der Waals surface area contributed by atoms with Gasteiger partial charge in [-0.05, 0) is 31.4 Å². The maximum absolute atomic E-state index is 11.9. The lowest BCUT2D eigenvalue weighted by atomic mass is 10.2. The minimum absolute atomic E-state index is 0.0249. The predicted molar refractivity (Wildman–Crippen MR) is 64.4 cm³/mol. The summed E-state index contributed by atoms with van der Waals surface area (Å²) in [5.41, 5.74) is 1.87. The molecule has 0 amide bonds. The van der Waals surface area contributed by atoms with Gasteiger partial charge in [0.05, 0.1) is 11.0 Å². The van der Waals surface area contributed by atoms with E-state index in [1.165, 1.54) is 19.3 Å². The average Bonchev–Trinajstić information content (AvgIpc) is 2.66. The second-order valence-electron chi connectivity index (χ2n) is 4.27. The lowest BCUT2D eigenvalue weighted by Crippen LogP contribution is -2.44. The van der Waals surface area contributed by atoms with Gasteiger partial charge >= 0.3 is 5.69 Å². The SMILES string of the molecule is O=c1[nH]c2ccccc2n1N1CCCCC1. The number of hydrogen-bond acceptors (Lipinski definition) is 2. The molecule has 1 N–H and O–H groups in total. The molecular formula is C12H15N3O. The van der Waals surface area contributed by atoms with Crippen LogP contribution in [-0.4, -0.2) is 22.7 Å². The zero-order valence-electron chi connectivity index (χ0n) is 9.15. The third kappa shape index (κ3) is 1.41. The van der Waals surface area contributed by atoms with Gasteiger partial charge in [0, 0.05) is 13.1 Å². The maximum atomic E-state index is 11.9. The van der Waals surface area contributed by atoms with Crippen LogP contribution in [0.15, 0.2) is 29.1 Å². The monoisotopic (exact) mass is 217 g/mol. The summed E-state index contributed by atoms with van der Waals surface area (Å²) in [6, 6.07) is 7.84. The van der Waals surface area contributed by atoms with Gasteiger partial charge < -0.3 is 9.99 Å². The molecule has 84 valence electrons. The number of benzene rings is 1. The van der Waals surface area contributed by atoms with E-state index in [1.807, 2.05) is 24.3 Å². The standard InChI is InChI=1S/C12H15N3O/c16-12-13-10-6-2-3-7-11(10)15(12)14-8-4-1-5-9-14/h2-3,6-7H,1,4-5,8-9H2,(H,13,16).